The van der Waals surface area contributed by atoms with Crippen molar-refractivity contribution in [3.05, 3.63) is 47.5 Å². The number of rotatable bonds is 8. The number of aryl methyl sites for hydroxylation is 1. The molecule has 2 heterocycles. The van der Waals surface area contributed by atoms with Crippen LogP contribution in [0.3, 0.4) is 0 Å². The van der Waals surface area contributed by atoms with Gasteiger partial charge in [0.2, 0.25) is 0 Å². The molecule has 0 N–H and O–H groups in total. The van der Waals surface area contributed by atoms with E-state index in [1.54, 1.807) is 30.2 Å². The topological polar surface area (TPSA) is 54.9 Å². The maximum atomic E-state index is 13.6. The molecular weight excluding hydrogens is 442 g/mol. The average Bonchev–Trinajstić information content (AvgIpc) is 3.27. The van der Waals surface area contributed by atoms with Crippen molar-refractivity contribution < 1.29 is 14.3 Å². The lowest BCUT2D eigenvalue weighted by Gasteiger charge is -2.29. The van der Waals surface area contributed by atoms with Crippen molar-refractivity contribution in [2.45, 2.75) is 18.7 Å². The third kappa shape index (κ3) is 5.09. The van der Waals surface area contributed by atoms with Crippen molar-refractivity contribution in [3.63, 3.8) is 0 Å². The fourth-order valence-corrected chi connectivity index (χ4v) is 5.48. The zero-order chi connectivity index (χ0) is 22.5. The van der Waals surface area contributed by atoms with Crippen LogP contribution in [0, 0.1) is 6.92 Å². The van der Waals surface area contributed by atoms with Crippen molar-refractivity contribution in [1.29, 1.82) is 0 Å². The summed E-state index contributed by atoms with van der Waals surface area (Å²) in [6.07, 6.45) is 0. The summed E-state index contributed by atoms with van der Waals surface area (Å²) < 4.78 is 12.1. The normalized spacial score (nSPS) is 14.6. The van der Waals surface area contributed by atoms with Gasteiger partial charge in [-0.05, 0) is 48.6 Å². The molecule has 1 aromatic heterocycles. The number of ether oxygens (including phenoxy) is 2. The van der Waals surface area contributed by atoms with Crippen LogP contribution in [0.1, 0.15) is 22.8 Å². The summed E-state index contributed by atoms with van der Waals surface area (Å²) in [5, 5.41) is 0.706. The minimum absolute atomic E-state index is 0.0259. The Morgan fingerprint density at radius 1 is 1.22 bits per heavy atom. The molecule has 0 bridgehead atoms. The van der Waals surface area contributed by atoms with E-state index in [4.69, 9.17) is 14.5 Å². The highest BCUT2D eigenvalue weighted by molar-refractivity contribution is 7.99. The van der Waals surface area contributed by atoms with Crippen molar-refractivity contribution in [2.24, 2.45) is 0 Å². The molecule has 1 amide bonds. The van der Waals surface area contributed by atoms with Gasteiger partial charge in [0.15, 0.2) is 5.13 Å². The molecule has 3 aromatic rings. The summed E-state index contributed by atoms with van der Waals surface area (Å²) in [5.41, 5.74) is 2.62. The Bertz CT molecular complexity index is 1060. The highest BCUT2D eigenvalue weighted by atomic mass is 32.2. The van der Waals surface area contributed by atoms with Gasteiger partial charge in [-0.1, -0.05) is 24.3 Å². The lowest BCUT2D eigenvalue weighted by atomic mass is 10.2. The van der Waals surface area contributed by atoms with Crippen LogP contribution >= 0.6 is 23.1 Å². The van der Waals surface area contributed by atoms with E-state index >= 15 is 0 Å². The van der Waals surface area contributed by atoms with Gasteiger partial charge in [-0.3, -0.25) is 14.6 Å². The molecular formula is C24H29N3O3S2. The predicted octanol–water partition coefficient (Wildman–Crippen LogP) is 4.70. The number of fused-ring (bicyclic) bond motifs is 1. The molecule has 0 aliphatic carbocycles. The van der Waals surface area contributed by atoms with Gasteiger partial charge >= 0.3 is 0 Å². The van der Waals surface area contributed by atoms with E-state index in [1.807, 2.05) is 41.3 Å². The van der Waals surface area contributed by atoms with Gasteiger partial charge in [-0.25, -0.2) is 4.98 Å². The number of methoxy groups -OCH3 is 1. The van der Waals surface area contributed by atoms with E-state index in [9.17, 15) is 4.79 Å². The van der Waals surface area contributed by atoms with Crippen LogP contribution in [0.25, 0.3) is 10.2 Å². The van der Waals surface area contributed by atoms with Crippen LogP contribution in [0.15, 0.2) is 41.3 Å². The maximum Gasteiger partial charge on any atom is 0.260 e. The number of aromatic nitrogens is 1. The molecule has 0 radical (unpaired) electrons. The maximum absolute atomic E-state index is 13.6. The van der Waals surface area contributed by atoms with E-state index in [2.05, 4.69) is 18.7 Å². The Morgan fingerprint density at radius 2 is 1.97 bits per heavy atom. The second-order valence-electron chi connectivity index (χ2n) is 7.63. The molecule has 2 aromatic carbocycles. The number of thioether (sulfide) groups is 1. The zero-order valence-corrected chi connectivity index (χ0v) is 20.4. The molecule has 1 aliphatic heterocycles. The second-order valence-corrected chi connectivity index (χ2v) is 9.94. The summed E-state index contributed by atoms with van der Waals surface area (Å²) in [6.45, 7) is 8.80. The van der Waals surface area contributed by atoms with Crippen LogP contribution in [0.2, 0.25) is 0 Å². The molecule has 32 heavy (non-hydrogen) atoms. The van der Waals surface area contributed by atoms with E-state index in [1.165, 1.54) is 4.90 Å². The lowest BCUT2D eigenvalue weighted by Crippen LogP contribution is -2.43. The van der Waals surface area contributed by atoms with Crippen LogP contribution < -0.4 is 9.64 Å². The van der Waals surface area contributed by atoms with Gasteiger partial charge in [-0.2, -0.15) is 0 Å². The first kappa shape index (κ1) is 23.0. The summed E-state index contributed by atoms with van der Waals surface area (Å²) in [7, 11) is 1.65. The van der Waals surface area contributed by atoms with E-state index in [0.29, 0.717) is 17.2 Å². The summed E-state index contributed by atoms with van der Waals surface area (Å²) in [5.74, 6) is 1.71. The molecule has 1 fully saturated rings. The first-order chi connectivity index (χ1) is 15.6. The molecule has 1 aliphatic rings. The van der Waals surface area contributed by atoms with Crippen LogP contribution in [-0.2, 0) is 4.74 Å². The molecule has 1 saturated heterocycles. The first-order valence-electron chi connectivity index (χ1n) is 10.9. The summed E-state index contributed by atoms with van der Waals surface area (Å²) in [4.78, 5) is 23.8. The number of carbonyl (C=O) groups is 1. The molecule has 4 rings (SSSR count). The highest BCUT2D eigenvalue weighted by Gasteiger charge is 2.24. The Morgan fingerprint density at radius 3 is 2.66 bits per heavy atom. The summed E-state index contributed by atoms with van der Waals surface area (Å²) in [6, 6.07) is 11.8. The molecule has 6 nitrogen and oxygen atoms in total. The number of benzene rings is 2. The van der Waals surface area contributed by atoms with Gasteiger partial charge < -0.3 is 9.47 Å². The third-order valence-corrected chi connectivity index (χ3v) is 7.65. The second kappa shape index (κ2) is 10.7. The smallest absolute Gasteiger partial charge is 0.260 e. The highest BCUT2D eigenvalue weighted by Crippen LogP contribution is 2.37. The minimum Gasteiger partial charge on any atom is -0.494 e. The van der Waals surface area contributed by atoms with Gasteiger partial charge in [0.05, 0.1) is 25.0 Å². The Labute approximate surface area is 197 Å². The van der Waals surface area contributed by atoms with Gasteiger partial charge in [-0.15, -0.1) is 11.8 Å². The van der Waals surface area contributed by atoms with Crippen LogP contribution in [0.4, 0.5) is 5.13 Å². The van der Waals surface area contributed by atoms with Crippen LogP contribution in [0.5, 0.6) is 5.75 Å². The number of hydrogen-bond acceptors (Lipinski definition) is 7. The molecule has 0 spiro atoms. The fraction of sp³-hybridized carbons (Fsp3) is 0.417. The lowest BCUT2D eigenvalue weighted by molar-refractivity contribution is 0.0391. The Kier molecular flexibility index (Phi) is 7.67. The molecule has 170 valence electrons. The van der Waals surface area contributed by atoms with Crippen molar-refractivity contribution in [1.82, 2.24) is 9.88 Å². The predicted molar refractivity (Wildman–Crippen MR) is 133 cm³/mol. The Hall–Kier alpha value is -2.13. The number of carbonyl (C=O) groups excluding carboxylic acids is 1. The fourth-order valence-electron chi connectivity index (χ4n) is 3.75. The molecule has 0 saturated carbocycles. The zero-order valence-electron chi connectivity index (χ0n) is 18.8. The van der Waals surface area contributed by atoms with Crippen molar-refractivity contribution in [2.75, 3.05) is 57.2 Å². The number of amides is 1. The average molecular weight is 472 g/mol. The largest absolute Gasteiger partial charge is 0.494 e. The molecule has 0 unspecified atom stereocenters. The van der Waals surface area contributed by atoms with Gasteiger partial charge in [0.25, 0.3) is 5.91 Å². The summed E-state index contributed by atoms with van der Waals surface area (Å²) >= 11 is 3.32. The SMILES string of the molecule is CCSc1ccc(C(=O)N(CCN2CCOCC2)c2nc3c(OC)ccc(C)c3s2)cc1. The van der Waals surface area contributed by atoms with Gasteiger partial charge in [0, 0.05) is 36.6 Å². The number of hydrogen-bond donors (Lipinski definition) is 0. The Balaban J connectivity index is 1.66. The van der Waals surface area contributed by atoms with Crippen molar-refractivity contribution in [3.8, 4) is 5.75 Å². The number of thiazole rings is 1. The van der Waals surface area contributed by atoms with Crippen molar-refractivity contribution >= 4 is 44.4 Å². The monoisotopic (exact) mass is 471 g/mol. The van der Waals surface area contributed by atoms with E-state index < -0.39 is 0 Å². The number of nitrogens with zero attached hydrogens (tertiary/aromatic N) is 3. The first-order valence-corrected chi connectivity index (χ1v) is 12.7. The standard InChI is InChI=1S/C24H29N3O3S2/c1-4-31-19-8-6-18(7-9-19)23(28)27(12-11-26-13-15-30-16-14-26)24-25-21-20(29-3)10-5-17(2)22(21)32-24/h5-10H,4,11-16H2,1-3H3. The molecule has 8 heteroatoms. The van der Waals surface area contributed by atoms with E-state index in [0.717, 1.165) is 60.1 Å². The number of morpholine rings is 1. The van der Waals surface area contributed by atoms with Gasteiger partial charge in [0.1, 0.15) is 11.3 Å². The quantitative estimate of drug-likeness (QED) is 0.444. The number of anilines is 1. The van der Waals surface area contributed by atoms with Crippen LogP contribution in [-0.4, -0.2) is 68.0 Å². The minimum atomic E-state index is -0.0259. The molecule has 0 atom stereocenters. The van der Waals surface area contributed by atoms with E-state index in [-0.39, 0.29) is 5.91 Å². The third-order valence-electron chi connectivity index (χ3n) is 5.54.